The van der Waals surface area contributed by atoms with E-state index in [1.54, 1.807) is 26.4 Å². The van der Waals surface area contributed by atoms with Crippen molar-refractivity contribution in [1.82, 2.24) is 5.32 Å². The Balaban J connectivity index is 1.91. The maximum Gasteiger partial charge on any atom is 0.164 e. The molecule has 2 aromatic rings. The molecule has 0 bridgehead atoms. The van der Waals surface area contributed by atoms with Crippen LogP contribution >= 0.6 is 0 Å². The second-order valence-corrected chi connectivity index (χ2v) is 7.00. The number of methoxy groups -OCH3 is 2. The number of ether oxygens (including phenoxy) is 2. The van der Waals surface area contributed by atoms with Gasteiger partial charge in [0.15, 0.2) is 11.5 Å². The summed E-state index contributed by atoms with van der Waals surface area (Å²) < 4.78 is 24.8. The highest BCUT2D eigenvalue weighted by atomic mass is 19.1. The van der Waals surface area contributed by atoms with Gasteiger partial charge in [0, 0.05) is 12.1 Å². The standard InChI is InChI=1S/C22H28FNO2/c1-24-14-17(15-6-4-8-18(23)13-15)12-16-7-5-9-20-19(16)10-11-21(25-2)22(20)26-3/h4,6,8,10-11,13,16-17,24H,5,7,9,12,14H2,1-3H3. The molecule has 1 aliphatic carbocycles. The van der Waals surface area contributed by atoms with Gasteiger partial charge < -0.3 is 14.8 Å². The molecule has 0 saturated heterocycles. The van der Waals surface area contributed by atoms with E-state index in [1.165, 1.54) is 17.2 Å². The first-order chi connectivity index (χ1) is 12.7. The molecular formula is C22H28FNO2. The number of hydrogen-bond donors (Lipinski definition) is 1. The third-order valence-corrected chi connectivity index (χ3v) is 5.44. The number of fused-ring (bicyclic) bond motifs is 1. The second kappa shape index (κ2) is 8.54. The number of nitrogens with one attached hydrogen (secondary N) is 1. The molecule has 0 radical (unpaired) electrons. The first kappa shape index (κ1) is 18.7. The van der Waals surface area contributed by atoms with E-state index >= 15 is 0 Å². The van der Waals surface area contributed by atoms with Crippen LogP contribution < -0.4 is 14.8 Å². The highest BCUT2D eigenvalue weighted by molar-refractivity contribution is 5.53. The summed E-state index contributed by atoms with van der Waals surface area (Å²) in [4.78, 5) is 0. The highest BCUT2D eigenvalue weighted by Gasteiger charge is 2.27. The lowest BCUT2D eigenvalue weighted by Gasteiger charge is -2.30. The van der Waals surface area contributed by atoms with Gasteiger partial charge >= 0.3 is 0 Å². The molecule has 0 spiro atoms. The molecule has 4 heteroatoms. The maximum atomic E-state index is 13.7. The van der Waals surface area contributed by atoms with Gasteiger partial charge in [0.05, 0.1) is 14.2 Å². The van der Waals surface area contributed by atoms with Crippen LogP contribution in [0.2, 0.25) is 0 Å². The second-order valence-electron chi connectivity index (χ2n) is 7.00. The quantitative estimate of drug-likeness (QED) is 0.782. The van der Waals surface area contributed by atoms with Crippen molar-refractivity contribution < 1.29 is 13.9 Å². The van der Waals surface area contributed by atoms with E-state index < -0.39 is 0 Å². The van der Waals surface area contributed by atoms with Gasteiger partial charge in [-0.25, -0.2) is 4.39 Å². The minimum Gasteiger partial charge on any atom is -0.493 e. The molecule has 0 heterocycles. The van der Waals surface area contributed by atoms with Crippen LogP contribution in [0.4, 0.5) is 4.39 Å². The van der Waals surface area contributed by atoms with Crippen molar-refractivity contribution >= 4 is 0 Å². The Kier molecular flexibility index (Phi) is 6.15. The van der Waals surface area contributed by atoms with Crippen LogP contribution in [0.15, 0.2) is 36.4 Å². The summed E-state index contributed by atoms with van der Waals surface area (Å²) in [6.07, 6.45) is 4.30. The topological polar surface area (TPSA) is 30.5 Å². The maximum absolute atomic E-state index is 13.7. The van der Waals surface area contributed by atoms with E-state index in [4.69, 9.17) is 9.47 Å². The van der Waals surface area contributed by atoms with Crippen molar-refractivity contribution in [1.29, 1.82) is 0 Å². The minimum atomic E-state index is -0.168. The summed E-state index contributed by atoms with van der Waals surface area (Å²) in [6.45, 7) is 0.836. The zero-order valence-electron chi connectivity index (χ0n) is 15.8. The molecule has 0 fully saturated rings. The van der Waals surface area contributed by atoms with Crippen LogP contribution in [0.5, 0.6) is 11.5 Å². The fraction of sp³-hybridized carbons (Fsp3) is 0.455. The summed E-state index contributed by atoms with van der Waals surface area (Å²) in [5, 5.41) is 3.27. The van der Waals surface area contributed by atoms with E-state index in [0.29, 0.717) is 5.92 Å². The third-order valence-electron chi connectivity index (χ3n) is 5.44. The molecular weight excluding hydrogens is 329 g/mol. The Labute approximate surface area is 155 Å². The fourth-order valence-corrected chi connectivity index (χ4v) is 4.26. The van der Waals surface area contributed by atoms with Gasteiger partial charge in [-0.2, -0.15) is 0 Å². The van der Waals surface area contributed by atoms with E-state index in [1.807, 2.05) is 19.2 Å². The van der Waals surface area contributed by atoms with E-state index in [-0.39, 0.29) is 11.7 Å². The Morgan fingerprint density at radius 1 is 1.19 bits per heavy atom. The first-order valence-electron chi connectivity index (χ1n) is 9.31. The molecule has 1 N–H and O–H groups in total. The molecule has 2 unspecified atom stereocenters. The molecule has 3 nitrogen and oxygen atoms in total. The summed E-state index contributed by atoms with van der Waals surface area (Å²) >= 11 is 0. The van der Waals surface area contributed by atoms with Crippen molar-refractivity contribution in [2.24, 2.45) is 0 Å². The zero-order chi connectivity index (χ0) is 18.5. The Bertz CT molecular complexity index is 747. The van der Waals surface area contributed by atoms with Gasteiger partial charge in [-0.05, 0) is 73.9 Å². The smallest absolute Gasteiger partial charge is 0.164 e. The zero-order valence-corrected chi connectivity index (χ0v) is 15.8. The van der Waals surface area contributed by atoms with Crippen LogP contribution in [-0.4, -0.2) is 27.8 Å². The van der Waals surface area contributed by atoms with Crippen LogP contribution in [-0.2, 0) is 6.42 Å². The Morgan fingerprint density at radius 2 is 2.04 bits per heavy atom. The highest BCUT2D eigenvalue weighted by Crippen LogP contribution is 2.44. The number of benzene rings is 2. The minimum absolute atomic E-state index is 0.168. The lowest BCUT2D eigenvalue weighted by molar-refractivity contribution is 0.346. The summed E-state index contributed by atoms with van der Waals surface area (Å²) in [5.41, 5.74) is 3.68. The van der Waals surface area contributed by atoms with Crippen molar-refractivity contribution in [2.45, 2.75) is 37.5 Å². The molecule has 0 aliphatic heterocycles. The monoisotopic (exact) mass is 357 g/mol. The van der Waals surface area contributed by atoms with Gasteiger partial charge in [-0.3, -0.25) is 0 Å². The van der Waals surface area contributed by atoms with Crippen LogP contribution in [0.1, 0.15) is 47.8 Å². The van der Waals surface area contributed by atoms with Gasteiger partial charge in [0.1, 0.15) is 5.82 Å². The average molecular weight is 357 g/mol. The van der Waals surface area contributed by atoms with Gasteiger partial charge in [-0.15, -0.1) is 0 Å². The lowest BCUT2D eigenvalue weighted by Crippen LogP contribution is -2.21. The van der Waals surface area contributed by atoms with Crippen LogP contribution in [0, 0.1) is 5.82 Å². The number of halogens is 1. The summed E-state index contributed by atoms with van der Waals surface area (Å²) in [6, 6.07) is 11.2. The largest absolute Gasteiger partial charge is 0.493 e. The summed E-state index contributed by atoms with van der Waals surface area (Å²) in [7, 11) is 5.34. The molecule has 0 amide bonds. The number of rotatable bonds is 7. The van der Waals surface area contributed by atoms with Gasteiger partial charge in [0.2, 0.25) is 0 Å². The summed E-state index contributed by atoms with van der Waals surface area (Å²) in [5.74, 6) is 2.22. The average Bonchev–Trinajstić information content (AvgIpc) is 2.66. The van der Waals surface area contributed by atoms with Gasteiger partial charge in [-0.1, -0.05) is 18.2 Å². The van der Waals surface area contributed by atoms with Crippen molar-refractivity contribution in [3.63, 3.8) is 0 Å². The van der Waals surface area contributed by atoms with Crippen LogP contribution in [0.3, 0.4) is 0 Å². The van der Waals surface area contributed by atoms with Crippen molar-refractivity contribution in [3.8, 4) is 11.5 Å². The Hall–Kier alpha value is -2.07. The first-order valence-corrected chi connectivity index (χ1v) is 9.31. The molecule has 0 saturated carbocycles. The third kappa shape index (κ3) is 3.85. The van der Waals surface area contributed by atoms with E-state index in [9.17, 15) is 4.39 Å². The lowest BCUT2D eigenvalue weighted by atomic mass is 9.76. The SMILES string of the molecule is CNCC(CC1CCCc2c1ccc(OC)c2OC)c1cccc(F)c1. The van der Waals surface area contributed by atoms with E-state index in [2.05, 4.69) is 11.4 Å². The van der Waals surface area contributed by atoms with Crippen molar-refractivity contribution in [3.05, 3.63) is 58.9 Å². The Morgan fingerprint density at radius 3 is 2.73 bits per heavy atom. The predicted molar refractivity (Wildman–Crippen MR) is 103 cm³/mol. The van der Waals surface area contributed by atoms with E-state index in [0.717, 1.165) is 49.3 Å². The molecule has 2 aromatic carbocycles. The van der Waals surface area contributed by atoms with Gasteiger partial charge in [0.25, 0.3) is 0 Å². The molecule has 26 heavy (non-hydrogen) atoms. The fourth-order valence-electron chi connectivity index (χ4n) is 4.26. The van der Waals surface area contributed by atoms with Crippen LogP contribution in [0.25, 0.3) is 0 Å². The molecule has 2 atom stereocenters. The predicted octanol–water partition coefficient (Wildman–Crippen LogP) is 4.66. The molecule has 1 aliphatic rings. The molecule has 140 valence electrons. The van der Waals surface area contributed by atoms with Crippen molar-refractivity contribution in [2.75, 3.05) is 27.8 Å². The number of hydrogen-bond acceptors (Lipinski definition) is 3. The molecule has 0 aromatic heterocycles. The normalized spacial score (nSPS) is 17.5. The number of likely N-dealkylation sites (N-methyl/N-ethyl adjacent to an activating group) is 1. The molecule has 3 rings (SSSR count).